The van der Waals surface area contributed by atoms with Crippen LogP contribution in [0, 0.1) is 5.92 Å². The maximum absolute atomic E-state index is 11.2. The van der Waals surface area contributed by atoms with Crippen LogP contribution in [-0.4, -0.2) is 18.4 Å². The van der Waals surface area contributed by atoms with E-state index in [1.54, 1.807) is 0 Å². The highest BCUT2D eigenvalue weighted by atomic mass is 16.1. The summed E-state index contributed by atoms with van der Waals surface area (Å²) in [4.78, 5) is 11.2. The van der Waals surface area contributed by atoms with Gasteiger partial charge >= 0.3 is 0 Å². The molecular weight excluding hydrogens is 150 g/mol. The van der Waals surface area contributed by atoms with Gasteiger partial charge in [-0.3, -0.25) is 4.79 Å². The largest absolute Gasteiger partial charge is 0.314 e. The third kappa shape index (κ3) is 2.31. The molecule has 0 aliphatic heterocycles. The molecule has 1 N–H and O–H groups in total. The monoisotopic (exact) mass is 169 g/mol. The first kappa shape index (κ1) is 9.72. The number of nitrogens with one attached hydrogen (secondary N) is 1. The zero-order chi connectivity index (χ0) is 8.97. The van der Waals surface area contributed by atoms with Crippen molar-refractivity contribution in [3.8, 4) is 0 Å². The third-order valence-corrected chi connectivity index (χ3v) is 2.80. The lowest BCUT2D eigenvalue weighted by atomic mass is 9.82. The number of hydrogen-bond acceptors (Lipinski definition) is 2. The van der Waals surface area contributed by atoms with E-state index in [0.717, 1.165) is 31.7 Å². The van der Waals surface area contributed by atoms with Crippen LogP contribution in [0.4, 0.5) is 0 Å². The summed E-state index contributed by atoms with van der Waals surface area (Å²) in [5.74, 6) is 1.16. The molecule has 2 unspecified atom stereocenters. The van der Waals surface area contributed by atoms with Gasteiger partial charge in [-0.05, 0) is 18.9 Å². The van der Waals surface area contributed by atoms with Crippen molar-refractivity contribution in [1.82, 2.24) is 5.32 Å². The molecule has 70 valence electrons. The Morgan fingerprint density at radius 1 is 1.50 bits per heavy atom. The molecule has 0 aromatic carbocycles. The second kappa shape index (κ2) is 4.61. The summed E-state index contributed by atoms with van der Waals surface area (Å²) in [6, 6.07) is 0.459. The van der Waals surface area contributed by atoms with Crippen molar-refractivity contribution in [2.45, 2.75) is 45.6 Å². The van der Waals surface area contributed by atoms with Gasteiger partial charge in [0.1, 0.15) is 5.78 Å². The van der Waals surface area contributed by atoms with Crippen LogP contribution >= 0.6 is 0 Å². The molecule has 2 nitrogen and oxygen atoms in total. The van der Waals surface area contributed by atoms with Crippen molar-refractivity contribution in [3.63, 3.8) is 0 Å². The van der Waals surface area contributed by atoms with Crippen molar-refractivity contribution in [2.24, 2.45) is 5.92 Å². The van der Waals surface area contributed by atoms with E-state index >= 15 is 0 Å². The van der Waals surface area contributed by atoms with E-state index in [4.69, 9.17) is 0 Å². The molecular formula is C10H19NO. The van der Waals surface area contributed by atoms with E-state index in [1.807, 2.05) is 0 Å². The molecule has 1 aliphatic rings. The molecule has 1 rings (SSSR count). The Morgan fingerprint density at radius 2 is 2.25 bits per heavy atom. The molecule has 1 saturated carbocycles. The Balaban J connectivity index is 2.45. The fourth-order valence-corrected chi connectivity index (χ4v) is 2.05. The van der Waals surface area contributed by atoms with Gasteiger partial charge in [0.2, 0.25) is 0 Å². The van der Waals surface area contributed by atoms with Gasteiger partial charge in [0, 0.05) is 18.9 Å². The van der Waals surface area contributed by atoms with Crippen LogP contribution in [0.2, 0.25) is 0 Å². The van der Waals surface area contributed by atoms with Gasteiger partial charge in [0.25, 0.3) is 0 Å². The Kier molecular flexibility index (Phi) is 3.73. The second-order valence-electron chi connectivity index (χ2n) is 3.61. The van der Waals surface area contributed by atoms with Crippen LogP contribution < -0.4 is 5.32 Å². The Labute approximate surface area is 74.7 Å². The van der Waals surface area contributed by atoms with Crippen LogP contribution in [-0.2, 0) is 4.79 Å². The quantitative estimate of drug-likeness (QED) is 0.697. The Bertz CT molecular complexity index is 156. The van der Waals surface area contributed by atoms with E-state index in [-0.39, 0.29) is 0 Å². The molecule has 2 heteroatoms. The molecule has 0 radical (unpaired) electrons. The average molecular weight is 169 g/mol. The van der Waals surface area contributed by atoms with Gasteiger partial charge in [0.05, 0.1) is 0 Å². The smallest absolute Gasteiger partial charge is 0.134 e. The molecule has 0 bridgehead atoms. The first-order valence-electron chi connectivity index (χ1n) is 5.03. The summed E-state index contributed by atoms with van der Waals surface area (Å²) in [5.41, 5.74) is 0. The molecule has 0 saturated heterocycles. The predicted octanol–water partition coefficient (Wildman–Crippen LogP) is 1.74. The van der Waals surface area contributed by atoms with Crippen LogP contribution in [0.25, 0.3) is 0 Å². The summed E-state index contributed by atoms with van der Waals surface area (Å²) in [7, 11) is 0. The first-order chi connectivity index (χ1) is 5.77. The van der Waals surface area contributed by atoms with Gasteiger partial charge < -0.3 is 5.32 Å². The molecule has 0 aromatic rings. The van der Waals surface area contributed by atoms with Crippen LogP contribution in [0.15, 0.2) is 0 Å². The fraction of sp³-hybridized carbons (Fsp3) is 0.900. The van der Waals surface area contributed by atoms with Crippen molar-refractivity contribution in [1.29, 1.82) is 0 Å². The minimum atomic E-state index is 0.436. The molecule has 0 amide bonds. The number of rotatable bonds is 3. The first-order valence-corrected chi connectivity index (χ1v) is 5.03. The molecule has 0 spiro atoms. The van der Waals surface area contributed by atoms with E-state index in [0.29, 0.717) is 11.8 Å². The SMILES string of the molecule is CCNC1CC(=O)CCC1CC. The molecule has 0 aromatic heterocycles. The Hall–Kier alpha value is -0.370. The maximum Gasteiger partial charge on any atom is 0.134 e. The van der Waals surface area contributed by atoms with E-state index in [9.17, 15) is 4.79 Å². The third-order valence-electron chi connectivity index (χ3n) is 2.80. The van der Waals surface area contributed by atoms with Crippen LogP contribution in [0.1, 0.15) is 39.5 Å². The molecule has 0 heterocycles. The van der Waals surface area contributed by atoms with Crippen LogP contribution in [0.5, 0.6) is 0 Å². The normalized spacial score (nSPS) is 30.7. The van der Waals surface area contributed by atoms with Gasteiger partial charge in [-0.2, -0.15) is 0 Å². The van der Waals surface area contributed by atoms with E-state index in [2.05, 4.69) is 19.2 Å². The fourth-order valence-electron chi connectivity index (χ4n) is 2.05. The summed E-state index contributed by atoms with van der Waals surface area (Å²) >= 11 is 0. The van der Waals surface area contributed by atoms with Crippen LogP contribution in [0.3, 0.4) is 0 Å². The van der Waals surface area contributed by atoms with E-state index < -0.39 is 0 Å². The number of hydrogen-bond donors (Lipinski definition) is 1. The van der Waals surface area contributed by atoms with Crippen molar-refractivity contribution < 1.29 is 4.79 Å². The van der Waals surface area contributed by atoms with E-state index in [1.165, 1.54) is 6.42 Å². The van der Waals surface area contributed by atoms with Gasteiger partial charge in [0.15, 0.2) is 0 Å². The molecule has 1 fully saturated rings. The maximum atomic E-state index is 11.2. The van der Waals surface area contributed by atoms with Crippen molar-refractivity contribution in [3.05, 3.63) is 0 Å². The average Bonchev–Trinajstić information content (AvgIpc) is 2.05. The zero-order valence-corrected chi connectivity index (χ0v) is 8.10. The van der Waals surface area contributed by atoms with Crippen molar-refractivity contribution >= 4 is 5.78 Å². The summed E-state index contributed by atoms with van der Waals surface area (Å²) in [6.45, 7) is 5.30. The lowest BCUT2D eigenvalue weighted by Gasteiger charge is -2.30. The molecule has 12 heavy (non-hydrogen) atoms. The lowest BCUT2D eigenvalue weighted by Crippen LogP contribution is -2.40. The minimum absolute atomic E-state index is 0.436. The van der Waals surface area contributed by atoms with Gasteiger partial charge in [-0.15, -0.1) is 0 Å². The van der Waals surface area contributed by atoms with Gasteiger partial charge in [-0.25, -0.2) is 0 Å². The topological polar surface area (TPSA) is 29.1 Å². The second-order valence-corrected chi connectivity index (χ2v) is 3.61. The highest BCUT2D eigenvalue weighted by molar-refractivity contribution is 5.79. The standard InChI is InChI=1S/C10H19NO/c1-3-8-5-6-9(12)7-10(8)11-4-2/h8,10-11H,3-7H2,1-2H3. The summed E-state index contributed by atoms with van der Waals surface area (Å²) in [6.07, 6.45) is 3.85. The minimum Gasteiger partial charge on any atom is -0.314 e. The molecule has 2 atom stereocenters. The number of Topliss-reactive ketones (excluding diaryl/α,β-unsaturated/α-hetero) is 1. The Morgan fingerprint density at radius 3 is 2.83 bits per heavy atom. The molecule has 1 aliphatic carbocycles. The highest BCUT2D eigenvalue weighted by Gasteiger charge is 2.26. The zero-order valence-electron chi connectivity index (χ0n) is 8.10. The predicted molar refractivity (Wildman–Crippen MR) is 50.1 cm³/mol. The number of carbonyl (C=O) groups excluding carboxylic acids is 1. The highest BCUT2D eigenvalue weighted by Crippen LogP contribution is 2.24. The summed E-state index contributed by atoms with van der Waals surface area (Å²) in [5, 5.41) is 3.40. The number of ketones is 1. The van der Waals surface area contributed by atoms with Gasteiger partial charge in [-0.1, -0.05) is 20.3 Å². The lowest BCUT2D eigenvalue weighted by molar-refractivity contribution is -0.121. The number of carbonyl (C=O) groups is 1. The van der Waals surface area contributed by atoms with Crippen molar-refractivity contribution in [2.75, 3.05) is 6.54 Å². The summed E-state index contributed by atoms with van der Waals surface area (Å²) < 4.78 is 0.